The quantitative estimate of drug-likeness (QED) is 0.256. The zero-order chi connectivity index (χ0) is 24.1. The van der Waals surface area contributed by atoms with E-state index in [2.05, 4.69) is 0 Å². The van der Waals surface area contributed by atoms with Gasteiger partial charge in [0.1, 0.15) is 0 Å². The van der Waals surface area contributed by atoms with E-state index in [1.165, 1.54) is 13.8 Å². The van der Waals surface area contributed by atoms with E-state index in [0.29, 0.717) is 0 Å². The number of carbonyl (C=O) groups is 2. The molecular weight excluding hydrogens is 669 g/mol. The Hall–Kier alpha value is -1.47. The maximum absolute atomic E-state index is 12.8. The van der Waals surface area contributed by atoms with Crippen molar-refractivity contribution in [1.29, 1.82) is 0 Å². The normalized spacial score (nSPS) is 12.5. The van der Waals surface area contributed by atoms with Crippen molar-refractivity contribution in [3.05, 3.63) is 72.8 Å². The Labute approximate surface area is 210 Å². The molecule has 0 N–H and O–H groups in total. The predicted octanol–water partition coefficient (Wildman–Crippen LogP) is 4.40. The molecule has 0 saturated carbocycles. The molecule has 0 unspecified atom stereocenters. The van der Waals surface area contributed by atoms with Crippen LogP contribution in [0, 0.1) is 0 Å². The molecule has 0 aromatic heterocycles. The van der Waals surface area contributed by atoms with Crippen LogP contribution in [-0.2, 0) is 15.2 Å². The zero-order valence-corrected chi connectivity index (χ0v) is 25.2. The predicted molar refractivity (Wildman–Crippen MR) is 143 cm³/mol. The molecule has 0 fully saturated rings. The molecule has 0 saturated heterocycles. The average molecular weight is 697 g/mol. The molecule has 0 heterocycles. The third-order valence-corrected chi connectivity index (χ3v) is 26.6. The summed E-state index contributed by atoms with van der Waals surface area (Å²) in [5.74, 6) is -0.971. The molecule has 4 nitrogen and oxygen atoms in total. The van der Waals surface area contributed by atoms with Gasteiger partial charge in [-0.1, -0.05) is 0 Å². The minimum absolute atomic E-state index is 0.485. The van der Waals surface area contributed by atoms with Crippen LogP contribution in [-0.4, -0.2) is 50.4 Å². The number of hydrogen-bond donors (Lipinski definition) is 0. The van der Waals surface area contributed by atoms with Gasteiger partial charge in [-0.25, -0.2) is 0 Å². The number of hydrogen-bond acceptors (Lipinski definition) is 7. The summed E-state index contributed by atoms with van der Waals surface area (Å²) in [6, 6.07) is 23.5. The topological polar surface area (TPSA) is 52.6 Å². The Morgan fingerprint density at radius 2 is 0.788 bits per heavy atom. The summed E-state index contributed by atoms with van der Waals surface area (Å²) < 4.78 is 15.1. The summed E-state index contributed by atoms with van der Waals surface area (Å²) in [4.78, 5) is 28.7. The van der Waals surface area contributed by atoms with Crippen molar-refractivity contribution in [3.63, 3.8) is 0 Å². The first-order chi connectivity index (χ1) is 15.8. The number of carbonyl (C=O) groups excluding carboxylic acids is 2. The SMILES string of the molecule is CSc1cc[c]([Bi]([O]C(C)=O)([O]C(C)=O)([c]2ccc(SC)cc2)[c]2ccc(SC)cc2)cc1. The van der Waals surface area contributed by atoms with Crippen molar-refractivity contribution < 1.29 is 15.2 Å². The molecule has 0 bridgehead atoms. The maximum atomic E-state index is 12.8. The fourth-order valence-electron chi connectivity index (χ4n) is 3.83. The van der Waals surface area contributed by atoms with Gasteiger partial charge in [0, 0.05) is 0 Å². The van der Waals surface area contributed by atoms with Gasteiger partial charge in [0.15, 0.2) is 0 Å². The van der Waals surface area contributed by atoms with Crippen LogP contribution in [0.1, 0.15) is 13.8 Å². The fraction of sp³-hybridized carbons (Fsp3) is 0.200. The van der Waals surface area contributed by atoms with Crippen LogP contribution in [0.2, 0.25) is 0 Å². The second kappa shape index (κ2) is 10.9. The second-order valence-electron chi connectivity index (χ2n) is 7.22. The Balaban J connectivity index is 2.52. The molecule has 3 aromatic carbocycles. The van der Waals surface area contributed by atoms with E-state index >= 15 is 0 Å². The monoisotopic (exact) mass is 696 g/mol. The molecule has 0 spiro atoms. The van der Waals surface area contributed by atoms with Crippen molar-refractivity contribution in [2.24, 2.45) is 0 Å². The third-order valence-electron chi connectivity index (χ3n) is 5.23. The fourth-order valence-corrected chi connectivity index (χ4v) is 23.0. The van der Waals surface area contributed by atoms with Gasteiger partial charge in [0.2, 0.25) is 0 Å². The van der Waals surface area contributed by atoms with Crippen LogP contribution in [0.5, 0.6) is 0 Å². The molecule has 0 aliphatic rings. The van der Waals surface area contributed by atoms with E-state index in [1.54, 1.807) is 35.3 Å². The zero-order valence-electron chi connectivity index (χ0n) is 19.2. The van der Waals surface area contributed by atoms with Crippen molar-refractivity contribution in [2.75, 3.05) is 18.8 Å². The van der Waals surface area contributed by atoms with Gasteiger partial charge in [-0.15, -0.1) is 0 Å². The van der Waals surface area contributed by atoms with E-state index < -0.39 is 31.6 Å². The van der Waals surface area contributed by atoms with E-state index in [1.807, 2.05) is 91.6 Å². The summed E-state index contributed by atoms with van der Waals surface area (Å²) in [6.45, 7) is 2.75. The van der Waals surface area contributed by atoms with Crippen LogP contribution in [0.4, 0.5) is 0 Å². The molecule has 3 aromatic rings. The van der Waals surface area contributed by atoms with E-state index in [0.717, 1.165) is 24.5 Å². The molecule has 0 radical (unpaired) electrons. The minimum atomic E-state index is -5.80. The van der Waals surface area contributed by atoms with Gasteiger partial charge < -0.3 is 0 Å². The molecule has 0 aliphatic carbocycles. The first-order valence-electron chi connectivity index (χ1n) is 10.2. The number of benzene rings is 3. The summed E-state index contributed by atoms with van der Waals surface area (Å²) in [5, 5.41) is 0. The summed E-state index contributed by atoms with van der Waals surface area (Å²) in [5.41, 5.74) is 0. The second-order valence-corrected chi connectivity index (χ2v) is 24.7. The van der Waals surface area contributed by atoms with Gasteiger partial charge >= 0.3 is 212 Å². The Morgan fingerprint density at radius 3 is 0.970 bits per heavy atom. The standard InChI is InChI=1S/3C7H7S.2C2H4O2.Bi/c3*1-8-7-5-3-2-4-6-7;2*1-2(3)4;/h3*3-6H,1H3;2*1H3,(H,3,4);/q;;;;;+2/p-2. The van der Waals surface area contributed by atoms with Crippen molar-refractivity contribution in [2.45, 2.75) is 28.5 Å². The Morgan fingerprint density at radius 1 is 0.545 bits per heavy atom. The van der Waals surface area contributed by atoms with Gasteiger partial charge in [0.25, 0.3) is 0 Å². The molecular formula is C25H27BiO4S3. The summed E-state index contributed by atoms with van der Waals surface area (Å²) >= 11 is -0.943. The average Bonchev–Trinajstić information content (AvgIpc) is 2.83. The first kappa shape index (κ1) is 26.1. The van der Waals surface area contributed by atoms with Gasteiger partial charge in [0.05, 0.1) is 0 Å². The third kappa shape index (κ3) is 5.00. The van der Waals surface area contributed by atoms with Crippen molar-refractivity contribution in [1.82, 2.24) is 0 Å². The Bertz CT molecular complexity index is 991. The van der Waals surface area contributed by atoms with E-state index in [-0.39, 0.29) is 0 Å². The van der Waals surface area contributed by atoms with Gasteiger partial charge in [-0.05, 0) is 0 Å². The van der Waals surface area contributed by atoms with Gasteiger partial charge in [-0.2, -0.15) is 0 Å². The molecule has 8 heteroatoms. The van der Waals surface area contributed by atoms with Crippen LogP contribution < -0.4 is 9.81 Å². The van der Waals surface area contributed by atoms with Crippen molar-refractivity contribution >= 4 is 76.7 Å². The van der Waals surface area contributed by atoms with Crippen LogP contribution >= 0.6 is 35.3 Å². The van der Waals surface area contributed by atoms with Crippen molar-refractivity contribution in [3.8, 4) is 0 Å². The first-order valence-corrected chi connectivity index (χ1v) is 21.9. The van der Waals surface area contributed by atoms with Crippen LogP contribution in [0.25, 0.3) is 0 Å². The summed E-state index contributed by atoms with van der Waals surface area (Å²) in [6.07, 6.45) is 6.01. The Kier molecular flexibility index (Phi) is 8.60. The molecule has 3 rings (SSSR count). The van der Waals surface area contributed by atoms with Gasteiger partial charge in [-0.3, -0.25) is 0 Å². The number of thioether (sulfide) groups is 3. The number of rotatable bonds is 8. The van der Waals surface area contributed by atoms with E-state index in [4.69, 9.17) is 5.63 Å². The molecule has 174 valence electrons. The summed E-state index contributed by atoms with van der Waals surface area (Å²) in [7, 11) is 0. The molecule has 0 atom stereocenters. The molecule has 0 aliphatic heterocycles. The van der Waals surface area contributed by atoms with Crippen LogP contribution in [0.3, 0.4) is 0 Å². The van der Waals surface area contributed by atoms with Crippen LogP contribution in [0.15, 0.2) is 87.5 Å². The molecule has 33 heavy (non-hydrogen) atoms. The van der Waals surface area contributed by atoms with E-state index in [9.17, 15) is 9.59 Å². The molecule has 0 amide bonds.